The number of fused-ring (bicyclic) bond motifs is 1. The van der Waals surface area contributed by atoms with Gasteiger partial charge < -0.3 is 21.2 Å². The van der Waals surface area contributed by atoms with E-state index in [2.05, 4.69) is 15.3 Å². The van der Waals surface area contributed by atoms with Gasteiger partial charge in [-0.15, -0.1) is 0 Å². The van der Waals surface area contributed by atoms with E-state index in [9.17, 15) is 4.79 Å². The number of hydrogen-bond acceptors (Lipinski definition) is 6. The lowest BCUT2D eigenvalue weighted by Gasteiger charge is -2.04. The highest BCUT2D eigenvalue weighted by atomic mass is 16.3. The van der Waals surface area contributed by atoms with Gasteiger partial charge in [0.15, 0.2) is 5.58 Å². The minimum atomic E-state index is -0.275. The fourth-order valence-electron chi connectivity index (χ4n) is 2.10. The Hall–Kier alpha value is -3.09. The molecule has 7 nitrogen and oxygen atoms in total. The van der Waals surface area contributed by atoms with Gasteiger partial charge in [0.05, 0.1) is 0 Å². The van der Waals surface area contributed by atoms with Crippen LogP contribution in [0.1, 0.15) is 10.5 Å². The van der Waals surface area contributed by atoms with E-state index in [0.717, 1.165) is 0 Å². The van der Waals surface area contributed by atoms with Crippen molar-refractivity contribution in [1.82, 2.24) is 15.3 Å². The van der Waals surface area contributed by atoms with Crippen LogP contribution in [0.4, 0.5) is 11.6 Å². The maximum Gasteiger partial charge on any atom is 0.269 e. The maximum atomic E-state index is 11.7. The van der Waals surface area contributed by atoms with Gasteiger partial charge in [0.2, 0.25) is 5.88 Å². The molecule has 0 saturated carbocycles. The van der Waals surface area contributed by atoms with Crippen molar-refractivity contribution in [3.05, 3.63) is 36.3 Å². The zero-order chi connectivity index (χ0) is 15.0. The second kappa shape index (κ2) is 4.78. The van der Waals surface area contributed by atoms with Gasteiger partial charge in [0.1, 0.15) is 17.1 Å². The predicted octanol–water partition coefficient (Wildman–Crippen LogP) is 1.41. The van der Waals surface area contributed by atoms with Gasteiger partial charge in [-0.05, 0) is 18.2 Å². The number of aromatic nitrogens is 2. The molecular formula is C14H13N5O2. The zero-order valence-electron chi connectivity index (χ0n) is 11.3. The van der Waals surface area contributed by atoms with Crippen molar-refractivity contribution in [3.63, 3.8) is 0 Å². The third-order valence-corrected chi connectivity index (χ3v) is 3.17. The minimum absolute atomic E-state index is 0.153. The Balaban J connectivity index is 2.21. The summed E-state index contributed by atoms with van der Waals surface area (Å²) in [5, 5.41) is 3.22. The minimum Gasteiger partial charge on any atom is -0.436 e. The molecule has 0 unspecified atom stereocenters. The molecule has 3 aromatic heterocycles. The van der Waals surface area contributed by atoms with E-state index >= 15 is 0 Å². The smallest absolute Gasteiger partial charge is 0.269 e. The summed E-state index contributed by atoms with van der Waals surface area (Å²) in [7, 11) is 1.55. The van der Waals surface area contributed by atoms with E-state index in [1.807, 2.05) is 0 Å². The lowest BCUT2D eigenvalue weighted by molar-refractivity contribution is 0.0958. The van der Waals surface area contributed by atoms with Crippen molar-refractivity contribution in [2.75, 3.05) is 18.5 Å². The average Bonchev–Trinajstić information content (AvgIpc) is 2.82. The van der Waals surface area contributed by atoms with Crippen LogP contribution in [0.25, 0.3) is 22.2 Å². The monoisotopic (exact) mass is 283 g/mol. The van der Waals surface area contributed by atoms with E-state index in [1.165, 1.54) is 6.20 Å². The highest BCUT2D eigenvalue weighted by Gasteiger charge is 2.15. The molecule has 5 N–H and O–H groups in total. The van der Waals surface area contributed by atoms with Crippen LogP contribution in [0.5, 0.6) is 0 Å². The van der Waals surface area contributed by atoms with E-state index in [1.54, 1.807) is 31.4 Å². The number of hydrogen-bond donors (Lipinski definition) is 3. The Labute approximate surface area is 120 Å². The third-order valence-electron chi connectivity index (χ3n) is 3.17. The van der Waals surface area contributed by atoms with Crippen molar-refractivity contribution < 1.29 is 9.21 Å². The molecule has 0 saturated heterocycles. The molecule has 0 aliphatic rings. The summed E-state index contributed by atoms with van der Waals surface area (Å²) < 4.78 is 5.48. The highest BCUT2D eigenvalue weighted by Crippen LogP contribution is 2.35. The van der Waals surface area contributed by atoms with Crippen LogP contribution in [0.3, 0.4) is 0 Å². The number of nitrogens with two attached hydrogens (primary N) is 2. The number of nitrogen functional groups attached to an aromatic ring is 2. The van der Waals surface area contributed by atoms with Gasteiger partial charge in [-0.1, -0.05) is 0 Å². The van der Waals surface area contributed by atoms with Crippen molar-refractivity contribution >= 4 is 28.4 Å². The Morgan fingerprint density at radius 1 is 1.24 bits per heavy atom. The Morgan fingerprint density at radius 3 is 2.76 bits per heavy atom. The van der Waals surface area contributed by atoms with Gasteiger partial charge in [-0.3, -0.25) is 14.8 Å². The number of furan rings is 1. The molecule has 3 heterocycles. The molecule has 21 heavy (non-hydrogen) atoms. The van der Waals surface area contributed by atoms with Crippen LogP contribution in [-0.4, -0.2) is 22.9 Å². The fraction of sp³-hybridized carbons (Fsp3) is 0.0714. The van der Waals surface area contributed by atoms with Gasteiger partial charge in [0.25, 0.3) is 5.91 Å². The summed E-state index contributed by atoms with van der Waals surface area (Å²) in [5.41, 5.74) is 14.0. The van der Waals surface area contributed by atoms with Gasteiger partial charge >= 0.3 is 0 Å². The fourth-order valence-corrected chi connectivity index (χ4v) is 2.10. The number of anilines is 2. The normalized spacial score (nSPS) is 10.7. The first-order valence-corrected chi connectivity index (χ1v) is 6.22. The Morgan fingerprint density at radius 2 is 2.00 bits per heavy atom. The Kier molecular flexibility index (Phi) is 2.94. The second-order valence-corrected chi connectivity index (χ2v) is 4.43. The summed E-state index contributed by atoms with van der Waals surface area (Å²) in [4.78, 5) is 20.0. The number of amides is 1. The first-order valence-electron chi connectivity index (χ1n) is 6.22. The molecule has 0 spiro atoms. The van der Waals surface area contributed by atoms with Crippen molar-refractivity contribution in [3.8, 4) is 11.3 Å². The molecule has 3 rings (SSSR count). The van der Waals surface area contributed by atoms with Gasteiger partial charge in [-0.2, -0.15) is 0 Å². The molecule has 0 aliphatic heterocycles. The van der Waals surface area contributed by atoms with Gasteiger partial charge in [-0.25, -0.2) is 0 Å². The molecule has 0 atom stereocenters. The summed E-state index contributed by atoms with van der Waals surface area (Å²) in [5.74, 6) is -0.123. The number of carbonyl (C=O) groups is 1. The van der Waals surface area contributed by atoms with E-state index < -0.39 is 0 Å². The van der Waals surface area contributed by atoms with E-state index in [4.69, 9.17) is 15.9 Å². The quantitative estimate of drug-likeness (QED) is 0.654. The lowest BCUT2D eigenvalue weighted by Crippen LogP contribution is -2.19. The molecule has 3 aromatic rings. The van der Waals surface area contributed by atoms with Crippen LogP contribution in [0.2, 0.25) is 0 Å². The number of rotatable bonds is 2. The summed E-state index contributed by atoms with van der Waals surface area (Å²) in [6.45, 7) is 0. The molecule has 7 heteroatoms. The van der Waals surface area contributed by atoms with E-state index in [-0.39, 0.29) is 11.8 Å². The zero-order valence-corrected chi connectivity index (χ0v) is 11.3. The number of nitrogens with zero attached hydrogens (tertiary/aromatic N) is 2. The summed E-state index contributed by atoms with van der Waals surface area (Å²) in [6.07, 6.45) is 3.15. The SMILES string of the molecule is CNC(=O)c1cc(-c2nccc3c(N)c(N)oc23)ccn1. The molecular weight excluding hydrogens is 270 g/mol. The number of nitrogens with one attached hydrogen (secondary N) is 1. The van der Waals surface area contributed by atoms with Crippen LogP contribution < -0.4 is 16.8 Å². The topological polar surface area (TPSA) is 120 Å². The van der Waals surface area contributed by atoms with Crippen molar-refractivity contribution in [2.24, 2.45) is 0 Å². The average molecular weight is 283 g/mol. The Bertz CT molecular complexity index is 840. The molecule has 0 aliphatic carbocycles. The largest absolute Gasteiger partial charge is 0.436 e. The van der Waals surface area contributed by atoms with Gasteiger partial charge in [0, 0.05) is 30.4 Å². The van der Waals surface area contributed by atoms with Crippen LogP contribution in [0.15, 0.2) is 35.0 Å². The van der Waals surface area contributed by atoms with Crippen LogP contribution in [-0.2, 0) is 0 Å². The molecule has 0 aromatic carbocycles. The number of pyridine rings is 2. The standard InChI is InChI=1S/C14H13N5O2/c1-17-14(20)9-6-7(2-4-18-9)11-12-8(3-5-19-11)10(15)13(16)21-12/h2-6H,15-16H2,1H3,(H,17,20). The van der Waals surface area contributed by atoms with Crippen LogP contribution in [0, 0.1) is 0 Å². The molecule has 1 amide bonds. The summed E-state index contributed by atoms with van der Waals surface area (Å²) >= 11 is 0. The highest BCUT2D eigenvalue weighted by molar-refractivity contribution is 6.02. The number of carbonyl (C=O) groups excluding carboxylic acids is 1. The first-order chi connectivity index (χ1) is 10.1. The predicted molar refractivity (Wildman–Crippen MR) is 79.5 cm³/mol. The maximum absolute atomic E-state index is 11.7. The van der Waals surface area contributed by atoms with Crippen molar-refractivity contribution in [1.29, 1.82) is 0 Å². The second-order valence-electron chi connectivity index (χ2n) is 4.43. The van der Waals surface area contributed by atoms with E-state index in [0.29, 0.717) is 33.6 Å². The molecule has 0 fully saturated rings. The van der Waals surface area contributed by atoms with Crippen molar-refractivity contribution in [2.45, 2.75) is 0 Å². The molecule has 106 valence electrons. The summed E-state index contributed by atoms with van der Waals surface area (Å²) in [6, 6.07) is 5.10. The van der Waals surface area contributed by atoms with Crippen LogP contribution >= 0.6 is 0 Å². The third kappa shape index (κ3) is 2.04. The lowest BCUT2D eigenvalue weighted by atomic mass is 10.1. The molecule has 0 radical (unpaired) electrons. The first kappa shape index (κ1) is 12.9. The molecule has 0 bridgehead atoms.